The highest BCUT2D eigenvalue weighted by Gasteiger charge is 2.23. The molecular weight excluding hydrogens is 388 g/mol. The van der Waals surface area contributed by atoms with E-state index in [-0.39, 0.29) is 18.1 Å². The normalized spacial score (nSPS) is 11.6. The van der Waals surface area contributed by atoms with Gasteiger partial charge in [-0.15, -0.1) is 10.2 Å². The van der Waals surface area contributed by atoms with Gasteiger partial charge in [0.25, 0.3) is 19.9 Å². The largest absolute Gasteiger partial charge is 0.297 e. The lowest BCUT2D eigenvalue weighted by atomic mass is 10.2. The maximum absolute atomic E-state index is 11.4. The lowest BCUT2D eigenvalue weighted by Crippen LogP contribution is -2.06. The molecule has 0 amide bonds. The fourth-order valence-corrected chi connectivity index (χ4v) is 3.22. The standard InChI is InChI=1S/C10H8BrClN4O4S/c1-2-15-9(13-14-10(15)21(12,19)20)6-3-7(11)5-8(4-6)16(17)18/h3-5H,2H2,1H3. The van der Waals surface area contributed by atoms with Gasteiger partial charge in [-0.2, -0.15) is 0 Å². The van der Waals surface area contributed by atoms with Gasteiger partial charge in [0.1, 0.15) is 0 Å². The summed E-state index contributed by atoms with van der Waals surface area (Å²) in [6.45, 7) is 1.93. The van der Waals surface area contributed by atoms with Crippen LogP contribution in [0.1, 0.15) is 6.92 Å². The first-order valence-corrected chi connectivity index (χ1v) is 8.67. The van der Waals surface area contributed by atoms with Crippen LogP contribution in [0.15, 0.2) is 27.8 Å². The zero-order valence-corrected chi connectivity index (χ0v) is 13.7. The van der Waals surface area contributed by atoms with Crippen LogP contribution in [0.3, 0.4) is 0 Å². The Morgan fingerprint density at radius 3 is 2.57 bits per heavy atom. The summed E-state index contributed by atoms with van der Waals surface area (Å²) in [5.41, 5.74) is 0.206. The molecule has 8 nitrogen and oxygen atoms in total. The van der Waals surface area contributed by atoms with Gasteiger partial charge in [-0.05, 0) is 13.0 Å². The fraction of sp³-hybridized carbons (Fsp3) is 0.200. The third-order valence-electron chi connectivity index (χ3n) is 2.60. The first-order chi connectivity index (χ1) is 9.74. The van der Waals surface area contributed by atoms with Crippen molar-refractivity contribution in [3.8, 4) is 11.4 Å². The Morgan fingerprint density at radius 2 is 2.05 bits per heavy atom. The summed E-state index contributed by atoms with van der Waals surface area (Å²) in [7, 11) is 1.23. The summed E-state index contributed by atoms with van der Waals surface area (Å²) in [4.78, 5) is 10.3. The van der Waals surface area contributed by atoms with E-state index in [0.29, 0.717) is 10.0 Å². The number of nitro groups is 1. The molecule has 1 aromatic carbocycles. The smallest absolute Gasteiger partial charge is 0.296 e. The SMILES string of the molecule is CCn1c(-c2cc(Br)cc([N+](=O)[O-])c2)nnc1S(=O)(=O)Cl. The molecule has 0 unspecified atom stereocenters. The summed E-state index contributed by atoms with van der Waals surface area (Å²) >= 11 is 3.17. The topological polar surface area (TPSA) is 108 Å². The number of halogens is 2. The van der Waals surface area contributed by atoms with Crippen molar-refractivity contribution >= 4 is 41.4 Å². The maximum atomic E-state index is 11.4. The first-order valence-electron chi connectivity index (χ1n) is 5.57. The third-order valence-corrected chi connectivity index (χ3v) is 4.21. The van der Waals surface area contributed by atoms with Crippen LogP contribution in [0, 0.1) is 10.1 Å². The van der Waals surface area contributed by atoms with Gasteiger partial charge < -0.3 is 0 Å². The molecule has 112 valence electrons. The second kappa shape index (κ2) is 5.70. The summed E-state index contributed by atoms with van der Waals surface area (Å²) in [6.07, 6.45) is 0. The van der Waals surface area contributed by atoms with Gasteiger partial charge >= 0.3 is 0 Å². The van der Waals surface area contributed by atoms with Crippen LogP contribution in [0.25, 0.3) is 11.4 Å². The van der Waals surface area contributed by atoms with E-state index in [1.807, 2.05) is 0 Å². The van der Waals surface area contributed by atoms with E-state index < -0.39 is 19.1 Å². The number of nitro benzene ring substituents is 1. The Morgan fingerprint density at radius 1 is 1.38 bits per heavy atom. The van der Waals surface area contributed by atoms with Gasteiger partial charge in [0.05, 0.1) is 4.92 Å². The van der Waals surface area contributed by atoms with Crippen molar-refractivity contribution < 1.29 is 13.3 Å². The molecule has 2 rings (SSSR count). The molecule has 0 spiro atoms. The molecule has 0 fully saturated rings. The van der Waals surface area contributed by atoms with E-state index in [1.54, 1.807) is 13.0 Å². The van der Waals surface area contributed by atoms with Crippen molar-refractivity contribution in [2.75, 3.05) is 0 Å². The number of hydrogen-bond donors (Lipinski definition) is 0. The second-order valence-electron chi connectivity index (χ2n) is 3.94. The molecule has 1 heterocycles. The zero-order chi connectivity index (χ0) is 15.8. The Balaban J connectivity index is 2.68. The Labute approximate surface area is 132 Å². The molecule has 0 atom stereocenters. The van der Waals surface area contributed by atoms with Crippen molar-refractivity contribution in [1.29, 1.82) is 0 Å². The summed E-state index contributed by atoms with van der Waals surface area (Å²) < 4.78 is 24.6. The average Bonchev–Trinajstić information content (AvgIpc) is 2.81. The number of nitrogens with zero attached hydrogens (tertiary/aromatic N) is 4. The van der Waals surface area contributed by atoms with Gasteiger partial charge in [0.2, 0.25) is 0 Å². The molecule has 21 heavy (non-hydrogen) atoms. The molecule has 2 aromatic rings. The molecule has 0 bridgehead atoms. The van der Waals surface area contributed by atoms with E-state index in [2.05, 4.69) is 26.1 Å². The Hall–Kier alpha value is -1.52. The predicted molar refractivity (Wildman–Crippen MR) is 78.5 cm³/mol. The number of hydrogen-bond acceptors (Lipinski definition) is 6. The quantitative estimate of drug-likeness (QED) is 0.447. The Bertz CT molecular complexity index is 820. The molecule has 0 saturated heterocycles. The molecule has 0 N–H and O–H groups in total. The molecule has 0 aliphatic heterocycles. The summed E-state index contributed by atoms with van der Waals surface area (Å²) in [6, 6.07) is 4.19. The van der Waals surface area contributed by atoms with E-state index >= 15 is 0 Å². The molecule has 0 saturated carbocycles. The average molecular weight is 396 g/mol. The van der Waals surface area contributed by atoms with Crippen molar-refractivity contribution in [3.63, 3.8) is 0 Å². The van der Waals surface area contributed by atoms with Crippen molar-refractivity contribution in [2.24, 2.45) is 0 Å². The van der Waals surface area contributed by atoms with Crippen molar-refractivity contribution in [1.82, 2.24) is 14.8 Å². The number of non-ortho nitro benzene ring substituents is 1. The van der Waals surface area contributed by atoms with Gasteiger partial charge in [-0.3, -0.25) is 14.7 Å². The number of rotatable bonds is 4. The Kier molecular flexibility index (Phi) is 4.30. The minimum absolute atomic E-state index is 0.152. The van der Waals surface area contributed by atoms with E-state index in [1.165, 1.54) is 16.7 Å². The molecular formula is C10H8BrClN4O4S. The minimum Gasteiger partial charge on any atom is -0.297 e. The monoisotopic (exact) mass is 394 g/mol. The highest BCUT2D eigenvalue weighted by molar-refractivity contribution is 9.10. The van der Waals surface area contributed by atoms with Crippen LogP contribution in [-0.2, 0) is 15.6 Å². The van der Waals surface area contributed by atoms with E-state index in [0.717, 1.165) is 0 Å². The molecule has 11 heteroatoms. The van der Waals surface area contributed by atoms with Crippen LogP contribution < -0.4 is 0 Å². The number of benzene rings is 1. The van der Waals surface area contributed by atoms with Crippen LogP contribution >= 0.6 is 26.6 Å². The van der Waals surface area contributed by atoms with Gasteiger partial charge in [0, 0.05) is 39.4 Å². The summed E-state index contributed by atoms with van der Waals surface area (Å²) in [5, 5.41) is 17.8. The second-order valence-corrected chi connectivity index (χ2v) is 7.32. The fourth-order valence-electron chi connectivity index (χ4n) is 1.78. The van der Waals surface area contributed by atoms with Gasteiger partial charge in [0.15, 0.2) is 5.82 Å². The van der Waals surface area contributed by atoms with Crippen molar-refractivity contribution in [2.45, 2.75) is 18.6 Å². The zero-order valence-electron chi connectivity index (χ0n) is 10.5. The van der Waals surface area contributed by atoms with Gasteiger partial charge in [-0.25, -0.2) is 8.42 Å². The highest BCUT2D eigenvalue weighted by Crippen LogP contribution is 2.29. The van der Waals surface area contributed by atoms with Crippen LogP contribution in [0.4, 0.5) is 5.69 Å². The minimum atomic E-state index is -4.05. The van der Waals surface area contributed by atoms with Crippen LogP contribution in [0.5, 0.6) is 0 Å². The highest BCUT2D eigenvalue weighted by atomic mass is 79.9. The van der Waals surface area contributed by atoms with Crippen LogP contribution in [0.2, 0.25) is 0 Å². The first kappa shape index (κ1) is 15.9. The molecule has 1 aromatic heterocycles. The number of aromatic nitrogens is 3. The van der Waals surface area contributed by atoms with Crippen molar-refractivity contribution in [3.05, 3.63) is 32.8 Å². The lowest BCUT2D eigenvalue weighted by Gasteiger charge is -2.06. The van der Waals surface area contributed by atoms with Crippen LogP contribution in [-0.4, -0.2) is 28.1 Å². The van der Waals surface area contributed by atoms with E-state index in [4.69, 9.17) is 10.7 Å². The van der Waals surface area contributed by atoms with E-state index in [9.17, 15) is 18.5 Å². The maximum Gasteiger partial charge on any atom is 0.296 e. The molecule has 0 aliphatic carbocycles. The third kappa shape index (κ3) is 3.22. The molecule has 0 radical (unpaired) electrons. The predicted octanol–water partition coefficient (Wildman–Crippen LogP) is 2.56. The lowest BCUT2D eigenvalue weighted by molar-refractivity contribution is -0.384. The molecule has 0 aliphatic rings. The van der Waals surface area contributed by atoms with Gasteiger partial charge in [-0.1, -0.05) is 15.9 Å². The summed E-state index contributed by atoms with van der Waals surface area (Å²) in [5.74, 6) is 0.182.